The van der Waals surface area contributed by atoms with Crippen molar-refractivity contribution >= 4 is 22.8 Å². The zero-order valence-corrected chi connectivity index (χ0v) is 11.3. The van der Waals surface area contributed by atoms with Crippen LogP contribution in [0.15, 0.2) is 28.9 Å². The van der Waals surface area contributed by atoms with Gasteiger partial charge in [0.25, 0.3) is 0 Å². The number of rotatable bonds is 4. The number of oxazole rings is 1. The molecular weight excluding hydrogens is 264 g/mol. The lowest BCUT2D eigenvalue weighted by molar-refractivity contribution is 0.456. The van der Waals surface area contributed by atoms with E-state index in [0.29, 0.717) is 24.7 Å². The molecular formula is C13H13ClN4O. The number of fused-ring (bicyclic) bond motifs is 1. The molecule has 0 saturated heterocycles. The van der Waals surface area contributed by atoms with Crippen LogP contribution in [0.25, 0.3) is 11.2 Å². The number of aromatic nitrogens is 4. The number of alkyl halides is 1. The topological polar surface area (TPSA) is 56.7 Å². The van der Waals surface area contributed by atoms with E-state index in [4.69, 9.17) is 16.0 Å². The van der Waals surface area contributed by atoms with Gasteiger partial charge in [-0.15, -0.1) is 11.6 Å². The highest BCUT2D eigenvalue weighted by molar-refractivity contribution is 6.17. The fraction of sp³-hybridized carbons (Fsp3) is 0.308. The van der Waals surface area contributed by atoms with Crippen LogP contribution in [0.5, 0.6) is 0 Å². The third-order valence-electron chi connectivity index (χ3n) is 2.86. The molecule has 0 aliphatic carbocycles. The van der Waals surface area contributed by atoms with E-state index < -0.39 is 0 Å². The van der Waals surface area contributed by atoms with E-state index in [1.165, 1.54) is 0 Å². The Morgan fingerprint density at radius 3 is 3.00 bits per heavy atom. The molecule has 3 aromatic heterocycles. The van der Waals surface area contributed by atoms with Gasteiger partial charge in [-0.3, -0.25) is 0 Å². The molecule has 0 aliphatic rings. The summed E-state index contributed by atoms with van der Waals surface area (Å²) in [6.45, 7) is 2.40. The van der Waals surface area contributed by atoms with Gasteiger partial charge in [-0.25, -0.2) is 15.0 Å². The van der Waals surface area contributed by atoms with E-state index in [2.05, 4.69) is 15.0 Å². The molecule has 5 nitrogen and oxygen atoms in total. The van der Waals surface area contributed by atoms with Crippen LogP contribution in [0, 0.1) is 6.92 Å². The lowest BCUT2D eigenvalue weighted by atomic mass is 10.4. The summed E-state index contributed by atoms with van der Waals surface area (Å²) < 4.78 is 7.52. The second kappa shape index (κ2) is 5.01. The Labute approximate surface area is 115 Å². The number of hydrogen-bond acceptors (Lipinski definition) is 4. The Kier molecular flexibility index (Phi) is 3.21. The van der Waals surface area contributed by atoms with Crippen molar-refractivity contribution in [2.45, 2.75) is 19.9 Å². The van der Waals surface area contributed by atoms with Crippen LogP contribution in [-0.2, 0) is 13.0 Å². The Morgan fingerprint density at radius 1 is 1.37 bits per heavy atom. The molecule has 6 heteroatoms. The van der Waals surface area contributed by atoms with Gasteiger partial charge in [-0.05, 0) is 19.1 Å². The molecule has 0 spiro atoms. The fourth-order valence-corrected chi connectivity index (χ4v) is 2.23. The highest BCUT2D eigenvalue weighted by Crippen LogP contribution is 2.16. The van der Waals surface area contributed by atoms with Gasteiger partial charge in [0.05, 0.1) is 6.20 Å². The van der Waals surface area contributed by atoms with Gasteiger partial charge in [-0.2, -0.15) is 0 Å². The van der Waals surface area contributed by atoms with Gasteiger partial charge in [0, 0.05) is 18.5 Å². The molecule has 0 N–H and O–H groups in total. The fourth-order valence-electron chi connectivity index (χ4n) is 2.06. The van der Waals surface area contributed by atoms with Crippen LogP contribution < -0.4 is 0 Å². The molecule has 98 valence electrons. The standard InChI is InChI=1S/C13H13ClN4O/c1-9-7-16-12(19-9)8-18-11(4-5-14)17-10-3-2-6-15-13(10)18/h2-3,6-7H,4-5,8H2,1H3. The summed E-state index contributed by atoms with van der Waals surface area (Å²) in [6.07, 6.45) is 4.16. The maximum atomic E-state index is 5.83. The van der Waals surface area contributed by atoms with Crippen molar-refractivity contribution in [3.05, 3.63) is 42.0 Å². The van der Waals surface area contributed by atoms with Crippen LogP contribution in [-0.4, -0.2) is 25.4 Å². The third kappa shape index (κ3) is 2.33. The summed E-state index contributed by atoms with van der Waals surface area (Å²) >= 11 is 5.83. The number of halogens is 1. The summed E-state index contributed by atoms with van der Waals surface area (Å²) in [4.78, 5) is 13.1. The molecule has 0 saturated carbocycles. The molecule has 0 atom stereocenters. The van der Waals surface area contributed by atoms with E-state index in [0.717, 1.165) is 22.7 Å². The van der Waals surface area contributed by atoms with E-state index in [9.17, 15) is 0 Å². The van der Waals surface area contributed by atoms with Crippen LogP contribution in [0.2, 0.25) is 0 Å². The molecule has 3 rings (SSSR count). The zero-order chi connectivity index (χ0) is 13.2. The van der Waals surface area contributed by atoms with E-state index in [1.807, 2.05) is 23.6 Å². The largest absolute Gasteiger partial charge is 0.444 e. The highest BCUT2D eigenvalue weighted by Gasteiger charge is 2.13. The molecule has 3 aromatic rings. The van der Waals surface area contributed by atoms with Crippen LogP contribution in [0.1, 0.15) is 17.5 Å². The molecule has 3 heterocycles. The summed E-state index contributed by atoms with van der Waals surface area (Å²) in [5.41, 5.74) is 1.70. The van der Waals surface area contributed by atoms with Crippen molar-refractivity contribution < 1.29 is 4.42 Å². The smallest absolute Gasteiger partial charge is 0.214 e. The van der Waals surface area contributed by atoms with Gasteiger partial charge >= 0.3 is 0 Å². The molecule has 19 heavy (non-hydrogen) atoms. The molecule has 0 aliphatic heterocycles. The minimum atomic E-state index is 0.521. The second-order valence-corrected chi connectivity index (χ2v) is 4.64. The van der Waals surface area contributed by atoms with E-state index in [1.54, 1.807) is 12.4 Å². The van der Waals surface area contributed by atoms with Gasteiger partial charge in [0.1, 0.15) is 23.6 Å². The first-order valence-corrected chi connectivity index (χ1v) is 6.59. The van der Waals surface area contributed by atoms with Crippen molar-refractivity contribution in [2.75, 3.05) is 5.88 Å². The Hall–Kier alpha value is -1.88. The summed E-state index contributed by atoms with van der Waals surface area (Å²) in [7, 11) is 0. The molecule has 0 fully saturated rings. The van der Waals surface area contributed by atoms with Gasteiger partial charge in [-0.1, -0.05) is 0 Å². The minimum Gasteiger partial charge on any atom is -0.444 e. The monoisotopic (exact) mass is 276 g/mol. The average molecular weight is 277 g/mol. The van der Waals surface area contributed by atoms with Gasteiger partial charge < -0.3 is 8.98 Å². The van der Waals surface area contributed by atoms with Gasteiger partial charge in [0.15, 0.2) is 5.65 Å². The first-order chi connectivity index (χ1) is 9.28. The van der Waals surface area contributed by atoms with Crippen molar-refractivity contribution in [1.82, 2.24) is 19.5 Å². The molecule has 0 radical (unpaired) electrons. The number of pyridine rings is 1. The van der Waals surface area contributed by atoms with E-state index >= 15 is 0 Å². The molecule has 0 aromatic carbocycles. The van der Waals surface area contributed by atoms with Crippen molar-refractivity contribution in [1.29, 1.82) is 0 Å². The first-order valence-electron chi connectivity index (χ1n) is 6.05. The minimum absolute atomic E-state index is 0.521. The van der Waals surface area contributed by atoms with Crippen molar-refractivity contribution in [2.24, 2.45) is 0 Å². The van der Waals surface area contributed by atoms with E-state index in [-0.39, 0.29) is 0 Å². The zero-order valence-electron chi connectivity index (χ0n) is 10.5. The lowest BCUT2D eigenvalue weighted by Gasteiger charge is -2.04. The average Bonchev–Trinajstić information content (AvgIpc) is 2.96. The SMILES string of the molecule is Cc1cnc(Cn2c(CCCl)nc3cccnc32)o1. The highest BCUT2D eigenvalue weighted by atomic mass is 35.5. The number of aryl methyl sites for hydroxylation is 2. The summed E-state index contributed by atoms with van der Waals surface area (Å²) in [5.74, 6) is 2.87. The maximum Gasteiger partial charge on any atom is 0.214 e. The molecule has 0 bridgehead atoms. The van der Waals surface area contributed by atoms with Gasteiger partial charge in [0.2, 0.25) is 5.89 Å². The normalized spacial score (nSPS) is 11.3. The molecule has 0 amide bonds. The lowest BCUT2D eigenvalue weighted by Crippen LogP contribution is -2.06. The summed E-state index contributed by atoms with van der Waals surface area (Å²) in [5, 5.41) is 0. The first kappa shape index (κ1) is 12.2. The van der Waals surface area contributed by atoms with Crippen molar-refractivity contribution in [3.8, 4) is 0 Å². The Morgan fingerprint density at radius 2 is 2.26 bits per heavy atom. The summed E-state index contributed by atoms with van der Waals surface area (Å²) in [6, 6.07) is 3.82. The number of nitrogens with zero attached hydrogens (tertiary/aromatic N) is 4. The molecule has 0 unspecified atom stereocenters. The number of imidazole rings is 1. The predicted molar refractivity (Wildman–Crippen MR) is 72.3 cm³/mol. The second-order valence-electron chi connectivity index (χ2n) is 4.26. The Bertz CT molecular complexity index is 704. The third-order valence-corrected chi connectivity index (χ3v) is 3.05. The maximum absolute atomic E-state index is 5.83. The van der Waals surface area contributed by atoms with Crippen LogP contribution >= 0.6 is 11.6 Å². The predicted octanol–water partition coefficient (Wildman–Crippen LogP) is 2.56. The van der Waals surface area contributed by atoms with Crippen LogP contribution in [0.3, 0.4) is 0 Å². The van der Waals surface area contributed by atoms with Crippen LogP contribution in [0.4, 0.5) is 0 Å². The van der Waals surface area contributed by atoms with Crippen molar-refractivity contribution in [3.63, 3.8) is 0 Å². The number of hydrogen-bond donors (Lipinski definition) is 0. The quantitative estimate of drug-likeness (QED) is 0.687. The Balaban J connectivity index is 2.06.